The van der Waals surface area contributed by atoms with Crippen LogP contribution in [0, 0.1) is 11.8 Å². The lowest BCUT2D eigenvalue weighted by molar-refractivity contribution is -0.125. The Morgan fingerprint density at radius 1 is 1.26 bits per heavy atom. The van der Waals surface area contributed by atoms with E-state index in [1.54, 1.807) is 18.6 Å². The zero-order valence-corrected chi connectivity index (χ0v) is 14.7. The summed E-state index contributed by atoms with van der Waals surface area (Å²) >= 11 is 0. The van der Waals surface area contributed by atoms with Crippen molar-refractivity contribution in [2.24, 2.45) is 17.6 Å². The van der Waals surface area contributed by atoms with Gasteiger partial charge < -0.3 is 16.0 Å². The zero-order chi connectivity index (χ0) is 14.7. The summed E-state index contributed by atoms with van der Waals surface area (Å²) in [5.41, 5.74) is 6.02. The van der Waals surface area contributed by atoms with Gasteiger partial charge in [-0.2, -0.15) is 0 Å². The van der Waals surface area contributed by atoms with Crippen molar-refractivity contribution in [3.05, 3.63) is 18.6 Å². The summed E-state index contributed by atoms with van der Waals surface area (Å²) in [5, 5.41) is 3.02. The van der Waals surface area contributed by atoms with E-state index in [0.29, 0.717) is 12.5 Å². The van der Waals surface area contributed by atoms with Gasteiger partial charge in [-0.25, -0.2) is 4.98 Å². The fourth-order valence-electron chi connectivity index (χ4n) is 2.88. The fourth-order valence-corrected chi connectivity index (χ4v) is 2.88. The SMILES string of the molecule is Cl.Cl.NC(CNC(=O)C1CCN(c2cnccn2)CC1)C1CC1. The van der Waals surface area contributed by atoms with Crippen LogP contribution in [0.25, 0.3) is 0 Å². The van der Waals surface area contributed by atoms with Crippen LogP contribution in [-0.4, -0.2) is 41.6 Å². The standard InChI is InChI=1S/C15H23N5O.2ClH/c16-13(11-1-2-11)9-19-15(21)12-3-7-20(8-4-12)14-10-17-5-6-18-14;;/h5-6,10-13H,1-4,7-9,16H2,(H,19,21);2*1H. The Bertz CT molecular complexity index is 478. The Hall–Kier alpha value is -1.11. The van der Waals surface area contributed by atoms with Crippen LogP contribution in [0.4, 0.5) is 5.82 Å². The molecule has 1 aliphatic carbocycles. The molecule has 130 valence electrons. The molecule has 1 aromatic rings. The first-order valence-corrected chi connectivity index (χ1v) is 7.78. The van der Waals surface area contributed by atoms with Gasteiger partial charge in [-0.05, 0) is 31.6 Å². The molecular formula is C15H25Cl2N5O. The lowest BCUT2D eigenvalue weighted by Gasteiger charge is -2.32. The van der Waals surface area contributed by atoms with Crippen molar-refractivity contribution in [3.8, 4) is 0 Å². The van der Waals surface area contributed by atoms with E-state index in [1.807, 2.05) is 0 Å². The van der Waals surface area contributed by atoms with Gasteiger partial charge in [0, 0.05) is 44.0 Å². The second-order valence-corrected chi connectivity index (χ2v) is 6.07. The Kier molecular flexibility index (Phi) is 8.02. The number of carbonyl (C=O) groups is 1. The summed E-state index contributed by atoms with van der Waals surface area (Å²) in [6, 6.07) is 0.133. The van der Waals surface area contributed by atoms with Gasteiger partial charge in [0.25, 0.3) is 0 Å². The summed E-state index contributed by atoms with van der Waals surface area (Å²) in [7, 11) is 0. The van der Waals surface area contributed by atoms with Gasteiger partial charge in [-0.15, -0.1) is 24.8 Å². The molecule has 0 aromatic carbocycles. The van der Waals surface area contributed by atoms with Crippen LogP contribution in [0.3, 0.4) is 0 Å². The van der Waals surface area contributed by atoms with Crippen LogP contribution in [-0.2, 0) is 4.79 Å². The summed E-state index contributed by atoms with van der Waals surface area (Å²) in [5.74, 6) is 1.78. The van der Waals surface area contributed by atoms with Gasteiger partial charge in [0.1, 0.15) is 5.82 Å². The third-order valence-corrected chi connectivity index (χ3v) is 4.48. The number of aromatic nitrogens is 2. The van der Waals surface area contributed by atoms with E-state index in [-0.39, 0.29) is 42.7 Å². The molecule has 23 heavy (non-hydrogen) atoms. The van der Waals surface area contributed by atoms with E-state index < -0.39 is 0 Å². The summed E-state index contributed by atoms with van der Waals surface area (Å²) in [4.78, 5) is 22.8. The van der Waals surface area contributed by atoms with Crippen LogP contribution in [0.1, 0.15) is 25.7 Å². The van der Waals surface area contributed by atoms with Gasteiger partial charge in [0.2, 0.25) is 5.91 Å². The minimum Gasteiger partial charge on any atom is -0.355 e. The lowest BCUT2D eigenvalue weighted by Crippen LogP contribution is -2.44. The van der Waals surface area contributed by atoms with Crippen molar-refractivity contribution in [2.75, 3.05) is 24.5 Å². The molecule has 1 aromatic heterocycles. The third-order valence-electron chi connectivity index (χ3n) is 4.48. The van der Waals surface area contributed by atoms with Gasteiger partial charge >= 0.3 is 0 Å². The molecule has 1 atom stereocenters. The monoisotopic (exact) mass is 361 g/mol. The van der Waals surface area contributed by atoms with E-state index in [0.717, 1.165) is 31.7 Å². The van der Waals surface area contributed by atoms with E-state index >= 15 is 0 Å². The highest BCUT2D eigenvalue weighted by molar-refractivity contribution is 5.85. The Morgan fingerprint density at radius 3 is 2.52 bits per heavy atom. The van der Waals surface area contributed by atoms with Crippen LogP contribution in [0.2, 0.25) is 0 Å². The quantitative estimate of drug-likeness (QED) is 0.827. The smallest absolute Gasteiger partial charge is 0.223 e. The number of nitrogens with two attached hydrogens (primary N) is 1. The molecule has 1 saturated carbocycles. The molecule has 0 bridgehead atoms. The molecule has 6 nitrogen and oxygen atoms in total. The van der Waals surface area contributed by atoms with Crippen molar-refractivity contribution >= 4 is 36.5 Å². The number of anilines is 1. The van der Waals surface area contributed by atoms with Crippen LogP contribution >= 0.6 is 24.8 Å². The van der Waals surface area contributed by atoms with Crippen molar-refractivity contribution in [3.63, 3.8) is 0 Å². The molecular weight excluding hydrogens is 337 g/mol. The van der Waals surface area contributed by atoms with Crippen molar-refractivity contribution in [1.29, 1.82) is 0 Å². The number of piperidine rings is 1. The molecule has 1 saturated heterocycles. The molecule has 8 heteroatoms. The minimum atomic E-state index is 0. The Morgan fingerprint density at radius 2 is 1.96 bits per heavy atom. The first-order chi connectivity index (χ1) is 10.2. The molecule has 1 amide bonds. The van der Waals surface area contributed by atoms with Crippen molar-refractivity contribution in [2.45, 2.75) is 31.7 Å². The molecule has 1 unspecified atom stereocenters. The first-order valence-electron chi connectivity index (χ1n) is 7.78. The van der Waals surface area contributed by atoms with E-state index in [2.05, 4.69) is 20.2 Å². The highest BCUT2D eigenvalue weighted by Gasteiger charge is 2.30. The van der Waals surface area contributed by atoms with Crippen LogP contribution < -0.4 is 16.0 Å². The predicted molar refractivity (Wildman–Crippen MR) is 95.2 cm³/mol. The highest BCUT2D eigenvalue weighted by atomic mass is 35.5. The average molecular weight is 362 g/mol. The van der Waals surface area contributed by atoms with E-state index in [4.69, 9.17) is 5.73 Å². The summed E-state index contributed by atoms with van der Waals surface area (Å²) < 4.78 is 0. The molecule has 3 N–H and O–H groups in total. The number of amides is 1. The molecule has 2 fully saturated rings. The number of rotatable bonds is 5. The van der Waals surface area contributed by atoms with Gasteiger partial charge in [0.05, 0.1) is 6.20 Å². The number of carbonyl (C=O) groups excluding carboxylic acids is 1. The summed E-state index contributed by atoms with van der Waals surface area (Å²) in [6.45, 7) is 2.32. The molecule has 1 aliphatic heterocycles. The average Bonchev–Trinajstić information content (AvgIpc) is 3.38. The van der Waals surface area contributed by atoms with Gasteiger partial charge in [-0.3, -0.25) is 9.78 Å². The van der Waals surface area contributed by atoms with Gasteiger partial charge in [-0.1, -0.05) is 0 Å². The second-order valence-electron chi connectivity index (χ2n) is 6.07. The Labute approximate surface area is 149 Å². The predicted octanol–water partition coefficient (Wildman–Crippen LogP) is 1.39. The van der Waals surface area contributed by atoms with Crippen molar-refractivity contribution < 1.29 is 4.79 Å². The van der Waals surface area contributed by atoms with Crippen LogP contribution in [0.15, 0.2) is 18.6 Å². The summed E-state index contributed by atoms with van der Waals surface area (Å²) in [6.07, 6.45) is 9.30. The Balaban J connectivity index is 0.00000132. The van der Waals surface area contributed by atoms with E-state index in [1.165, 1.54) is 12.8 Å². The number of hydrogen-bond acceptors (Lipinski definition) is 5. The number of hydrogen-bond donors (Lipinski definition) is 2. The number of nitrogens with zero attached hydrogens (tertiary/aromatic N) is 3. The molecule has 0 radical (unpaired) electrons. The maximum atomic E-state index is 12.2. The molecule has 0 spiro atoms. The maximum Gasteiger partial charge on any atom is 0.223 e. The fraction of sp³-hybridized carbons (Fsp3) is 0.667. The maximum absolute atomic E-state index is 12.2. The number of nitrogens with one attached hydrogen (secondary N) is 1. The largest absolute Gasteiger partial charge is 0.355 e. The normalized spacial score (nSPS) is 19.3. The molecule has 2 heterocycles. The molecule has 3 rings (SSSR count). The van der Waals surface area contributed by atoms with Crippen molar-refractivity contribution in [1.82, 2.24) is 15.3 Å². The highest BCUT2D eigenvalue weighted by Crippen LogP contribution is 2.31. The second kappa shape index (κ2) is 9.25. The van der Waals surface area contributed by atoms with Gasteiger partial charge in [0.15, 0.2) is 0 Å². The topological polar surface area (TPSA) is 84.1 Å². The lowest BCUT2D eigenvalue weighted by atomic mass is 9.96. The third kappa shape index (κ3) is 5.48. The minimum absolute atomic E-state index is 0. The number of halogens is 2. The molecule has 2 aliphatic rings. The van der Waals surface area contributed by atoms with E-state index in [9.17, 15) is 4.79 Å². The van der Waals surface area contributed by atoms with Crippen LogP contribution in [0.5, 0.6) is 0 Å². The zero-order valence-electron chi connectivity index (χ0n) is 13.1. The first kappa shape index (κ1) is 19.9.